The second kappa shape index (κ2) is 8.42. The van der Waals surface area contributed by atoms with Crippen LogP contribution in [0.25, 0.3) is 0 Å². The van der Waals surface area contributed by atoms with Crippen LogP contribution in [0.2, 0.25) is 10.0 Å². The smallest absolute Gasteiger partial charge is 0.233 e. The van der Waals surface area contributed by atoms with E-state index in [9.17, 15) is 4.79 Å². The molecule has 2 saturated heterocycles. The molecule has 2 aromatic rings. The Morgan fingerprint density at radius 3 is 2.36 bits per heavy atom. The van der Waals surface area contributed by atoms with Gasteiger partial charge in [-0.25, -0.2) is 0 Å². The molecule has 0 aromatic heterocycles. The van der Waals surface area contributed by atoms with E-state index < -0.39 is 5.41 Å². The van der Waals surface area contributed by atoms with Gasteiger partial charge >= 0.3 is 0 Å². The van der Waals surface area contributed by atoms with E-state index >= 15 is 0 Å². The van der Waals surface area contributed by atoms with Gasteiger partial charge in [-0.2, -0.15) is 0 Å². The van der Waals surface area contributed by atoms with Gasteiger partial charge in [0.05, 0.1) is 18.6 Å². The maximum absolute atomic E-state index is 13.7. The lowest BCUT2D eigenvalue weighted by Crippen LogP contribution is -2.53. The Morgan fingerprint density at radius 1 is 1.00 bits per heavy atom. The van der Waals surface area contributed by atoms with Gasteiger partial charge in [0.2, 0.25) is 5.91 Å². The number of carbonyl (C=O) groups excluding carboxylic acids is 1. The summed E-state index contributed by atoms with van der Waals surface area (Å²) < 4.78 is 11.5. The Balaban J connectivity index is 1.60. The van der Waals surface area contributed by atoms with E-state index in [2.05, 4.69) is 12.1 Å². The Labute approximate surface area is 175 Å². The predicted molar refractivity (Wildman–Crippen MR) is 110 cm³/mol. The molecule has 1 amide bonds. The molecule has 1 unspecified atom stereocenters. The number of carbonyl (C=O) groups is 1. The molecule has 0 radical (unpaired) electrons. The van der Waals surface area contributed by atoms with E-state index in [1.807, 2.05) is 35.2 Å². The van der Waals surface area contributed by atoms with Gasteiger partial charge in [0.15, 0.2) is 0 Å². The average Bonchev–Trinajstić information content (AvgIpc) is 2.74. The lowest BCUT2D eigenvalue weighted by atomic mass is 9.73. The zero-order valence-corrected chi connectivity index (χ0v) is 17.1. The van der Waals surface area contributed by atoms with Crippen molar-refractivity contribution in [1.29, 1.82) is 0 Å². The summed E-state index contributed by atoms with van der Waals surface area (Å²) in [5, 5.41) is 1.14. The quantitative estimate of drug-likeness (QED) is 0.726. The molecule has 2 aliphatic rings. The van der Waals surface area contributed by atoms with Crippen molar-refractivity contribution in [2.24, 2.45) is 0 Å². The topological polar surface area (TPSA) is 38.8 Å². The first-order chi connectivity index (χ1) is 13.6. The number of amides is 1. The fourth-order valence-corrected chi connectivity index (χ4v) is 4.75. The molecular formula is C22H23Cl2NO3. The van der Waals surface area contributed by atoms with Gasteiger partial charge in [0, 0.05) is 29.8 Å². The SMILES string of the molecule is O=C(N1CCOC(c2cc(Cl)cc(Cl)c2)C1)C1(c2ccccc2)CCOCC1. The number of morpholine rings is 1. The van der Waals surface area contributed by atoms with E-state index in [1.165, 1.54) is 0 Å². The van der Waals surface area contributed by atoms with Crippen LogP contribution in [0.1, 0.15) is 30.1 Å². The standard InChI is InChI=1S/C22H23Cl2NO3/c23-18-12-16(13-19(24)14-18)20-15-25(8-11-28-20)21(26)22(6-9-27-10-7-22)17-4-2-1-3-5-17/h1-5,12-14,20H,6-11,15H2. The lowest BCUT2D eigenvalue weighted by Gasteiger charge is -2.42. The summed E-state index contributed by atoms with van der Waals surface area (Å²) in [6.45, 7) is 2.75. The maximum Gasteiger partial charge on any atom is 0.233 e. The fraction of sp³-hybridized carbons (Fsp3) is 0.409. The largest absolute Gasteiger partial charge is 0.381 e. The van der Waals surface area contributed by atoms with Gasteiger partial charge in [0.1, 0.15) is 6.10 Å². The van der Waals surface area contributed by atoms with Crippen molar-refractivity contribution in [2.45, 2.75) is 24.4 Å². The van der Waals surface area contributed by atoms with E-state index in [0.29, 0.717) is 55.8 Å². The predicted octanol–water partition coefficient (Wildman–Crippen LogP) is 4.64. The minimum atomic E-state index is -0.534. The van der Waals surface area contributed by atoms with Crippen molar-refractivity contribution in [2.75, 3.05) is 32.9 Å². The number of ether oxygens (including phenoxy) is 2. The molecule has 6 heteroatoms. The summed E-state index contributed by atoms with van der Waals surface area (Å²) in [6, 6.07) is 15.5. The van der Waals surface area contributed by atoms with Crippen molar-refractivity contribution >= 4 is 29.1 Å². The van der Waals surface area contributed by atoms with Crippen LogP contribution in [0.4, 0.5) is 0 Å². The fourth-order valence-electron chi connectivity index (χ4n) is 4.20. The number of rotatable bonds is 3. The molecule has 1 atom stereocenters. The molecule has 4 rings (SSSR count). The maximum atomic E-state index is 13.7. The number of nitrogens with zero attached hydrogens (tertiary/aromatic N) is 1. The van der Waals surface area contributed by atoms with E-state index in [-0.39, 0.29) is 12.0 Å². The molecule has 2 fully saturated rings. The number of benzene rings is 2. The van der Waals surface area contributed by atoms with Crippen LogP contribution in [0, 0.1) is 0 Å². The zero-order chi connectivity index (χ0) is 19.6. The summed E-state index contributed by atoms with van der Waals surface area (Å²) in [7, 11) is 0. The van der Waals surface area contributed by atoms with Gasteiger partial charge in [-0.15, -0.1) is 0 Å². The first-order valence-corrected chi connectivity index (χ1v) is 10.3. The van der Waals surface area contributed by atoms with Crippen molar-refractivity contribution < 1.29 is 14.3 Å². The van der Waals surface area contributed by atoms with Gasteiger partial charge in [0.25, 0.3) is 0 Å². The van der Waals surface area contributed by atoms with Crippen molar-refractivity contribution in [3.63, 3.8) is 0 Å². The van der Waals surface area contributed by atoms with Gasteiger partial charge in [-0.3, -0.25) is 4.79 Å². The Hall–Kier alpha value is -1.59. The molecule has 0 N–H and O–H groups in total. The van der Waals surface area contributed by atoms with Gasteiger partial charge in [-0.05, 0) is 42.2 Å². The monoisotopic (exact) mass is 419 g/mol. The lowest BCUT2D eigenvalue weighted by molar-refractivity contribution is -0.149. The van der Waals surface area contributed by atoms with Crippen molar-refractivity contribution in [3.05, 3.63) is 69.7 Å². The van der Waals surface area contributed by atoms with Crippen LogP contribution in [0.15, 0.2) is 48.5 Å². The van der Waals surface area contributed by atoms with Gasteiger partial charge in [-0.1, -0.05) is 53.5 Å². The molecule has 0 saturated carbocycles. The van der Waals surface area contributed by atoms with Crippen molar-refractivity contribution in [3.8, 4) is 0 Å². The van der Waals surface area contributed by atoms with Crippen LogP contribution >= 0.6 is 23.2 Å². The molecule has 28 heavy (non-hydrogen) atoms. The van der Waals surface area contributed by atoms with Crippen LogP contribution in [0.3, 0.4) is 0 Å². The minimum Gasteiger partial charge on any atom is -0.381 e. The molecular weight excluding hydrogens is 397 g/mol. The molecule has 148 valence electrons. The number of hydrogen-bond donors (Lipinski definition) is 0. The summed E-state index contributed by atoms with van der Waals surface area (Å²) in [6.07, 6.45) is 1.16. The van der Waals surface area contributed by atoms with Crippen LogP contribution in [0.5, 0.6) is 0 Å². The van der Waals surface area contributed by atoms with E-state index in [4.69, 9.17) is 32.7 Å². The highest BCUT2D eigenvalue weighted by Crippen LogP contribution is 2.38. The first-order valence-electron chi connectivity index (χ1n) is 9.59. The number of hydrogen-bond acceptors (Lipinski definition) is 3. The first kappa shape index (κ1) is 19.7. The third kappa shape index (κ3) is 3.92. The molecule has 2 aromatic carbocycles. The summed E-state index contributed by atoms with van der Waals surface area (Å²) in [5.41, 5.74) is 1.43. The third-order valence-corrected chi connectivity index (χ3v) is 6.13. The molecule has 2 aliphatic heterocycles. The van der Waals surface area contributed by atoms with Gasteiger partial charge < -0.3 is 14.4 Å². The van der Waals surface area contributed by atoms with Crippen molar-refractivity contribution in [1.82, 2.24) is 4.90 Å². The number of halogens is 2. The second-order valence-corrected chi connectivity index (χ2v) is 8.25. The summed E-state index contributed by atoms with van der Waals surface area (Å²) >= 11 is 12.3. The minimum absolute atomic E-state index is 0.156. The highest BCUT2D eigenvalue weighted by molar-refractivity contribution is 6.34. The summed E-state index contributed by atoms with van der Waals surface area (Å²) in [5.74, 6) is 0.156. The third-order valence-electron chi connectivity index (χ3n) is 5.69. The molecule has 0 spiro atoms. The Bertz CT molecular complexity index is 817. The van der Waals surface area contributed by atoms with E-state index in [1.54, 1.807) is 6.07 Å². The molecule has 0 aliphatic carbocycles. The second-order valence-electron chi connectivity index (χ2n) is 7.37. The summed E-state index contributed by atoms with van der Waals surface area (Å²) in [4.78, 5) is 15.7. The normalized spacial score (nSPS) is 22.1. The van der Waals surface area contributed by atoms with Crippen LogP contribution in [-0.2, 0) is 19.7 Å². The average molecular weight is 420 g/mol. The van der Waals surface area contributed by atoms with E-state index in [0.717, 1.165) is 11.1 Å². The van der Waals surface area contributed by atoms with Crippen LogP contribution < -0.4 is 0 Å². The Morgan fingerprint density at radius 2 is 1.68 bits per heavy atom. The molecule has 2 heterocycles. The highest BCUT2D eigenvalue weighted by atomic mass is 35.5. The zero-order valence-electron chi connectivity index (χ0n) is 15.6. The Kier molecular flexibility index (Phi) is 5.93. The molecule has 0 bridgehead atoms. The molecule has 4 nitrogen and oxygen atoms in total. The highest BCUT2D eigenvalue weighted by Gasteiger charge is 2.45. The van der Waals surface area contributed by atoms with Crippen LogP contribution in [-0.4, -0.2) is 43.7 Å².